The molecule has 92 valence electrons. The normalized spacial score (nSPS) is 23.9. The molecule has 0 amide bonds. The van der Waals surface area contributed by atoms with E-state index in [0.717, 1.165) is 12.2 Å². The molecule has 0 saturated carbocycles. The van der Waals surface area contributed by atoms with Gasteiger partial charge in [0.15, 0.2) is 0 Å². The van der Waals surface area contributed by atoms with Gasteiger partial charge >= 0.3 is 7.12 Å². The van der Waals surface area contributed by atoms with Crippen molar-refractivity contribution in [2.24, 2.45) is 0 Å². The summed E-state index contributed by atoms with van der Waals surface area (Å²) in [5.74, 6) is 1.02. The van der Waals surface area contributed by atoms with Gasteiger partial charge in [-0.1, -0.05) is 13.0 Å². The van der Waals surface area contributed by atoms with Crippen LogP contribution in [0.3, 0.4) is 0 Å². The molecule has 0 N–H and O–H groups in total. The molecule has 1 aliphatic heterocycles. The highest BCUT2D eigenvalue weighted by Crippen LogP contribution is 2.38. The van der Waals surface area contributed by atoms with Crippen LogP contribution in [0.25, 0.3) is 0 Å². The summed E-state index contributed by atoms with van der Waals surface area (Å²) in [6.07, 6.45) is 5.32. The highest BCUT2D eigenvalue weighted by Gasteiger charge is 2.51. The van der Waals surface area contributed by atoms with Crippen LogP contribution in [-0.2, 0) is 9.31 Å². The lowest BCUT2D eigenvalue weighted by molar-refractivity contribution is 0.00578. The highest BCUT2D eigenvalue weighted by molar-refractivity contribution is 7.98. The maximum absolute atomic E-state index is 6.01. The second-order valence-electron chi connectivity index (χ2n) is 5.18. The molecule has 1 rings (SSSR count). The molecule has 1 saturated heterocycles. The summed E-state index contributed by atoms with van der Waals surface area (Å²) in [4.78, 5) is 0. The molecule has 1 heterocycles. The van der Waals surface area contributed by atoms with E-state index in [9.17, 15) is 0 Å². The smallest absolute Gasteiger partial charge is 0.400 e. The van der Waals surface area contributed by atoms with Crippen LogP contribution < -0.4 is 0 Å². The van der Waals surface area contributed by atoms with Gasteiger partial charge in [0.25, 0.3) is 0 Å². The molecule has 2 nitrogen and oxygen atoms in total. The predicted molar refractivity (Wildman–Crippen MR) is 72.8 cm³/mol. The summed E-state index contributed by atoms with van der Waals surface area (Å²) in [5, 5.41) is 0. The number of thioether (sulfide) groups is 1. The summed E-state index contributed by atoms with van der Waals surface area (Å²) in [6.45, 7) is 10.5. The minimum atomic E-state index is -0.231. The Bertz CT molecular complexity index is 258. The van der Waals surface area contributed by atoms with Gasteiger partial charge < -0.3 is 9.31 Å². The van der Waals surface area contributed by atoms with Gasteiger partial charge in [0.1, 0.15) is 0 Å². The zero-order chi connectivity index (χ0) is 12.4. The molecule has 0 aromatic carbocycles. The van der Waals surface area contributed by atoms with E-state index in [0.29, 0.717) is 0 Å². The third kappa shape index (κ3) is 2.85. The second kappa shape index (κ2) is 5.15. The Hall–Kier alpha value is 0.0749. The Balaban J connectivity index is 2.77. The van der Waals surface area contributed by atoms with E-state index in [-0.39, 0.29) is 18.3 Å². The van der Waals surface area contributed by atoms with Crippen molar-refractivity contribution >= 4 is 18.9 Å². The van der Waals surface area contributed by atoms with Gasteiger partial charge in [-0.05, 0) is 45.8 Å². The molecule has 0 spiro atoms. The van der Waals surface area contributed by atoms with Crippen LogP contribution in [0, 0.1) is 0 Å². The van der Waals surface area contributed by atoms with Gasteiger partial charge in [0.2, 0.25) is 0 Å². The van der Waals surface area contributed by atoms with Crippen molar-refractivity contribution in [3.05, 3.63) is 11.5 Å². The van der Waals surface area contributed by atoms with Crippen LogP contribution in [0.4, 0.5) is 0 Å². The number of hydrogen-bond acceptors (Lipinski definition) is 3. The van der Waals surface area contributed by atoms with E-state index < -0.39 is 0 Å². The molecule has 0 radical (unpaired) electrons. The lowest BCUT2D eigenvalue weighted by Gasteiger charge is -2.32. The van der Waals surface area contributed by atoms with Crippen LogP contribution in [-0.4, -0.2) is 30.3 Å². The van der Waals surface area contributed by atoms with Crippen molar-refractivity contribution in [1.82, 2.24) is 0 Å². The standard InChI is InChI=1S/C12H23BO2S/c1-7-10(8-9-16-6)13-14-11(2,3)12(4,5)15-13/h8H,7,9H2,1-6H3/b10-8+. The Kier molecular flexibility index (Phi) is 4.55. The Morgan fingerprint density at radius 2 is 1.69 bits per heavy atom. The lowest BCUT2D eigenvalue weighted by Crippen LogP contribution is -2.41. The van der Waals surface area contributed by atoms with Crippen molar-refractivity contribution in [2.75, 3.05) is 12.0 Å². The van der Waals surface area contributed by atoms with Crippen molar-refractivity contribution in [2.45, 2.75) is 52.2 Å². The molecule has 0 bridgehead atoms. The Morgan fingerprint density at radius 1 is 1.19 bits per heavy atom. The van der Waals surface area contributed by atoms with Crippen molar-refractivity contribution in [3.63, 3.8) is 0 Å². The third-order valence-corrected chi connectivity index (χ3v) is 3.98. The van der Waals surface area contributed by atoms with E-state index >= 15 is 0 Å². The van der Waals surface area contributed by atoms with Gasteiger partial charge in [0.05, 0.1) is 11.2 Å². The van der Waals surface area contributed by atoms with Gasteiger partial charge in [-0.15, -0.1) is 0 Å². The van der Waals surface area contributed by atoms with Gasteiger partial charge in [0, 0.05) is 5.75 Å². The average Bonchev–Trinajstić information content (AvgIpc) is 2.37. The molecule has 0 unspecified atom stereocenters. The fourth-order valence-corrected chi connectivity index (χ4v) is 1.97. The molecular formula is C12H23BO2S. The van der Waals surface area contributed by atoms with E-state index in [1.54, 1.807) is 0 Å². The summed E-state index contributed by atoms with van der Waals surface area (Å²) in [5.41, 5.74) is 0.796. The van der Waals surface area contributed by atoms with Crippen molar-refractivity contribution in [3.8, 4) is 0 Å². The first-order valence-electron chi connectivity index (χ1n) is 5.87. The van der Waals surface area contributed by atoms with Crippen LogP contribution in [0.2, 0.25) is 0 Å². The number of rotatable bonds is 4. The summed E-state index contributed by atoms with van der Waals surface area (Å²) in [6, 6.07) is 0. The van der Waals surface area contributed by atoms with E-state index in [4.69, 9.17) is 9.31 Å². The second-order valence-corrected chi connectivity index (χ2v) is 6.09. The van der Waals surface area contributed by atoms with Gasteiger partial charge in [-0.25, -0.2) is 0 Å². The molecular weight excluding hydrogens is 219 g/mol. The molecule has 16 heavy (non-hydrogen) atoms. The fraction of sp³-hybridized carbons (Fsp3) is 0.833. The van der Waals surface area contributed by atoms with Crippen LogP contribution in [0.1, 0.15) is 41.0 Å². The molecule has 0 aromatic heterocycles. The van der Waals surface area contributed by atoms with Gasteiger partial charge in [-0.2, -0.15) is 11.8 Å². The van der Waals surface area contributed by atoms with Crippen LogP contribution >= 0.6 is 11.8 Å². The van der Waals surface area contributed by atoms with E-state index in [1.807, 2.05) is 11.8 Å². The first-order chi connectivity index (χ1) is 7.34. The minimum Gasteiger partial charge on any atom is -0.400 e. The molecule has 1 aliphatic rings. The van der Waals surface area contributed by atoms with Crippen LogP contribution in [0.15, 0.2) is 11.5 Å². The maximum atomic E-state index is 6.01. The summed E-state index contributed by atoms with van der Waals surface area (Å²) >= 11 is 1.82. The Labute approximate surface area is 104 Å². The molecule has 1 fully saturated rings. The largest absolute Gasteiger partial charge is 0.490 e. The number of allylic oxidation sites excluding steroid dienone is 1. The third-order valence-electron chi connectivity index (χ3n) is 3.48. The predicted octanol–water partition coefficient (Wildman–Crippen LogP) is 3.32. The van der Waals surface area contributed by atoms with Crippen molar-refractivity contribution in [1.29, 1.82) is 0 Å². The quantitative estimate of drug-likeness (QED) is 0.704. The Morgan fingerprint density at radius 3 is 2.06 bits per heavy atom. The van der Waals surface area contributed by atoms with E-state index in [1.165, 1.54) is 5.47 Å². The van der Waals surface area contributed by atoms with Crippen molar-refractivity contribution < 1.29 is 9.31 Å². The lowest BCUT2D eigenvalue weighted by atomic mass is 9.76. The molecule has 0 aromatic rings. The summed E-state index contributed by atoms with van der Waals surface area (Å²) in [7, 11) is -0.165. The SMILES string of the molecule is CC/C(=C\CSC)B1OC(C)(C)C(C)(C)O1. The maximum Gasteiger partial charge on any atom is 0.490 e. The highest BCUT2D eigenvalue weighted by atomic mass is 32.2. The summed E-state index contributed by atoms with van der Waals surface area (Å²) < 4.78 is 12.0. The molecule has 4 heteroatoms. The monoisotopic (exact) mass is 242 g/mol. The zero-order valence-electron chi connectivity index (χ0n) is 11.3. The first-order valence-corrected chi connectivity index (χ1v) is 7.27. The molecule has 0 atom stereocenters. The minimum absolute atomic E-state index is 0.165. The molecule has 0 aliphatic carbocycles. The topological polar surface area (TPSA) is 18.5 Å². The fourth-order valence-electron chi connectivity index (χ4n) is 1.59. The van der Waals surface area contributed by atoms with Crippen LogP contribution in [0.5, 0.6) is 0 Å². The first kappa shape index (κ1) is 14.1. The zero-order valence-corrected chi connectivity index (χ0v) is 12.1. The van der Waals surface area contributed by atoms with E-state index in [2.05, 4.69) is 47.0 Å². The number of hydrogen-bond donors (Lipinski definition) is 0. The van der Waals surface area contributed by atoms with Gasteiger partial charge in [-0.3, -0.25) is 0 Å². The average molecular weight is 242 g/mol.